The molecular formula is C21H29N5O. The second-order valence-corrected chi connectivity index (χ2v) is 8.47. The number of aromatic nitrogens is 2. The lowest BCUT2D eigenvalue weighted by molar-refractivity contribution is 0.181. The predicted molar refractivity (Wildman–Crippen MR) is 107 cm³/mol. The minimum Gasteiger partial charge on any atom is -0.360 e. The van der Waals surface area contributed by atoms with Gasteiger partial charge in [0, 0.05) is 18.3 Å². The number of urea groups is 1. The van der Waals surface area contributed by atoms with Crippen LogP contribution in [0, 0.1) is 0 Å². The van der Waals surface area contributed by atoms with E-state index in [4.69, 9.17) is 4.98 Å². The van der Waals surface area contributed by atoms with Crippen molar-refractivity contribution in [3.05, 3.63) is 23.9 Å². The van der Waals surface area contributed by atoms with Gasteiger partial charge in [0.2, 0.25) is 0 Å². The van der Waals surface area contributed by atoms with Gasteiger partial charge in [-0.1, -0.05) is 12.8 Å². The first-order valence-corrected chi connectivity index (χ1v) is 10.6. The average Bonchev–Trinajstić information content (AvgIpc) is 3.41. The number of rotatable bonds is 3. The molecule has 2 saturated heterocycles. The summed E-state index contributed by atoms with van der Waals surface area (Å²) in [5.74, 6) is 1.20. The molecule has 2 unspecified atom stereocenters. The van der Waals surface area contributed by atoms with Gasteiger partial charge in [0.1, 0.15) is 5.82 Å². The quantitative estimate of drug-likeness (QED) is 0.768. The van der Waals surface area contributed by atoms with Crippen LogP contribution < -0.4 is 10.6 Å². The third-order valence-corrected chi connectivity index (χ3v) is 6.74. The number of fused-ring (bicyclic) bond motifs is 2. The molecule has 0 aromatic carbocycles. The molecule has 0 spiro atoms. The molecule has 0 bridgehead atoms. The van der Waals surface area contributed by atoms with E-state index in [9.17, 15) is 4.79 Å². The molecule has 2 atom stereocenters. The normalized spacial score (nSPS) is 26.4. The molecule has 3 fully saturated rings. The number of hydrogen-bond acceptors (Lipinski definition) is 3. The molecule has 27 heavy (non-hydrogen) atoms. The minimum atomic E-state index is -0.134. The van der Waals surface area contributed by atoms with Gasteiger partial charge in [0.05, 0.1) is 11.0 Å². The molecule has 5 rings (SSSR count). The Morgan fingerprint density at radius 2 is 2.00 bits per heavy atom. The van der Waals surface area contributed by atoms with Gasteiger partial charge < -0.3 is 15.2 Å². The van der Waals surface area contributed by atoms with Gasteiger partial charge in [0.25, 0.3) is 0 Å². The van der Waals surface area contributed by atoms with Crippen LogP contribution in [0.2, 0.25) is 0 Å². The Hall–Kier alpha value is -2.08. The van der Waals surface area contributed by atoms with E-state index in [2.05, 4.69) is 26.7 Å². The molecule has 6 heteroatoms. The summed E-state index contributed by atoms with van der Waals surface area (Å²) in [4.78, 5) is 23.1. The zero-order chi connectivity index (χ0) is 18.2. The molecule has 4 heterocycles. The molecule has 2 aliphatic heterocycles. The van der Waals surface area contributed by atoms with Gasteiger partial charge in [-0.25, -0.2) is 9.78 Å². The van der Waals surface area contributed by atoms with Crippen LogP contribution in [0.1, 0.15) is 62.8 Å². The number of nitrogens with zero attached hydrogens (tertiary/aromatic N) is 2. The summed E-state index contributed by atoms with van der Waals surface area (Å²) >= 11 is 0. The Bertz CT molecular complexity index is 825. The summed E-state index contributed by atoms with van der Waals surface area (Å²) in [5.41, 5.74) is 3.39. The molecule has 0 radical (unpaired) electrons. The highest BCUT2D eigenvalue weighted by molar-refractivity contribution is 5.90. The summed E-state index contributed by atoms with van der Waals surface area (Å²) in [5, 5.41) is 6.00. The minimum absolute atomic E-state index is 0.134. The highest BCUT2D eigenvalue weighted by Gasteiger charge is 2.33. The van der Waals surface area contributed by atoms with Crippen molar-refractivity contribution in [1.82, 2.24) is 20.2 Å². The van der Waals surface area contributed by atoms with E-state index >= 15 is 0 Å². The van der Waals surface area contributed by atoms with E-state index in [1.54, 1.807) is 0 Å². The van der Waals surface area contributed by atoms with Crippen molar-refractivity contribution in [2.75, 3.05) is 18.4 Å². The number of pyridine rings is 1. The molecular weight excluding hydrogens is 338 g/mol. The molecule has 2 aromatic heterocycles. The number of H-pyrrole nitrogens is 1. The second-order valence-electron chi connectivity index (χ2n) is 8.47. The lowest BCUT2D eigenvalue weighted by Gasteiger charge is -2.34. The first-order chi connectivity index (χ1) is 13.3. The van der Waals surface area contributed by atoms with Crippen molar-refractivity contribution in [1.29, 1.82) is 0 Å². The lowest BCUT2D eigenvalue weighted by atomic mass is 9.86. The smallest absolute Gasteiger partial charge is 0.320 e. The number of hydrogen-bond donors (Lipinski definition) is 3. The zero-order valence-electron chi connectivity index (χ0n) is 15.8. The Labute approximate surface area is 160 Å². The summed E-state index contributed by atoms with van der Waals surface area (Å²) in [6.45, 7) is 2.47. The Balaban J connectivity index is 1.32. The SMILES string of the molecule is O=C(Nc1ccc2[nH]cc(C3CCN4CCCC4C3)c2n1)NC1CCCC1. The van der Waals surface area contributed by atoms with Gasteiger partial charge in [-0.05, 0) is 75.2 Å². The van der Waals surface area contributed by atoms with Gasteiger partial charge in [-0.2, -0.15) is 0 Å². The average molecular weight is 367 g/mol. The Morgan fingerprint density at radius 1 is 1.11 bits per heavy atom. The van der Waals surface area contributed by atoms with Gasteiger partial charge in [-0.3, -0.25) is 5.32 Å². The molecule has 1 saturated carbocycles. The molecule has 2 amide bonds. The molecule has 3 aliphatic rings. The van der Waals surface area contributed by atoms with E-state index in [1.807, 2.05) is 12.1 Å². The van der Waals surface area contributed by atoms with E-state index in [1.165, 1.54) is 57.2 Å². The van der Waals surface area contributed by atoms with E-state index in [-0.39, 0.29) is 6.03 Å². The van der Waals surface area contributed by atoms with Gasteiger partial charge in [0.15, 0.2) is 0 Å². The van der Waals surface area contributed by atoms with Gasteiger partial charge in [-0.15, -0.1) is 0 Å². The van der Waals surface area contributed by atoms with Crippen molar-refractivity contribution in [2.45, 2.75) is 69.4 Å². The third kappa shape index (κ3) is 3.43. The molecule has 2 aromatic rings. The largest absolute Gasteiger partial charge is 0.360 e. The van der Waals surface area contributed by atoms with Crippen molar-refractivity contribution >= 4 is 22.9 Å². The summed E-state index contributed by atoms with van der Waals surface area (Å²) < 4.78 is 0. The van der Waals surface area contributed by atoms with Crippen LogP contribution >= 0.6 is 0 Å². The third-order valence-electron chi connectivity index (χ3n) is 6.74. The monoisotopic (exact) mass is 367 g/mol. The van der Waals surface area contributed by atoms with E-state index < -0.39 is 0 Å². The highest BCUT2D eigenvalue weighted by atomic mass is 16.2. The maximum absolute atomic E-state index is 12.3. The van der Waals surface area contributed by atoms with Crippen LogP contribution in [-0.4, -0.2) is 46.1 Å². The number of nitrogens with one attached hydrogen (secondary N) is 3. The Morgan fingerprint density at radius 3 is 2.89 bits per heavy atom. The number of carbonyl (C=O) groups is 1. The fourth-order valence-electron chi connectivity index (χ4n) is 5.32. The zero-order valence-corrected chi connectivity index (χ0v) is 15.8. The lowest BCUT2D eigenvalue weighted by Crippen LogP contribution is -2.37. The molecule has 144 valence electrons. The number of carbonyl (C=O) groups excluding carboxylic acids is 1. The molecule has 3 N–H and O–H groups in total. The van der Waals surface area contributed by atoms with Crippen LogP contribution in [-0.2, 0) is 0 Å². The van der Waals surface area contributed by atoms with Crippen LogP contribution in [0.3, 0.4) is 0 Å². The number of anilines is 1. The van der Waals surface area contributed by atoms with Crippen LogP contribution in [0.5, 0.6) is 0 Å². The van der Waals surface area contributed by atoms with Crippen LogP contribution in [0.4, 0.5) is 10.6 Å². The van der Waals surface area contributed by atoms with Gasteiger partial charge >= 0.3 is 6.03 Å². The number of amides is 2. The maximum Gasteiger partial charge on any atom is 0.320 e. The molecule has 1 aliphatic carbocycles. The van der Waals surface area contributed by atoms with Crippen molar-refractivity contribution in [3.63, 3.8) is 0 Å². The standard InChI is InChI=1S/C21H29N5O/c27-21(23-15-4-1-2-5-15)25-19-8-7-18-20(24-19)17(13-22-18)14-9-11-26-10-3-6-16(26)12-14/h7-8,13-16,22H,1-6,9-12H2,(H2,23,24,25,27). The van der Waals surface area contributed by atoms with Crippen LogP contribution in [0.15, 0.2) is 18.3 Å². The molecule has 6 nitrogen and oxygen atoms in total. The van der Waals surface area contributed by atoms with E-state index in [0.29, 0.717) is 17.8 Å². The topological polar surface area (TPSA) is 73.0 Å². The predicted octanol–water partition coefficient (Wildman–Crippen LogP) is 3.97. The highest BCUT2D eigenvalue weighted by Crippen LogP contribution is 2.38. The van der Waals surface area contributed by atoms with Crippen molar-refractivity contribution in [2.24, 2.45) is 0 Å². The van der Waals surface area contributed by atoms with Crippen molar-refractivity contribution < 1.29 is 4.79 Å². The van der Waals surface area contributed by atoms with E-state index in [0.717, 1.165) is 29.9 Å². The summed E-state index contributed by atoms with van der Waals surface area (Å²) in [7, 11) is 0. The summed E-state index contributed by atoms with van der Waals surface area (Å²) in [6.07, 6.45) is 11.8. The first-order valence-electron chi connectivity index (χ1n) is 10.6. The fraction of sp³-hybridized carbons (Fsp3) is 0.619. The van der Waals surface area contributed by atoms with Crippen molar-refractivity contribution in [3.8, 4) is 0 Å². The number of aromatic amines is 1. The van der Waals surface area contributed by atoms with Crippen LogP contribution in [0.25, 0.3) is 11.0 Å². The Kier molecular flexibility index (Phi) is 4.52. The second kappa shape index (κ2) is 7.15. The maximum atomic E-state index is 12.3. The first kappa shape index (κ1) is 17.0. The number of piperidine rings is 1. The fourth-order valence-corrected chi connectivity index (χ4v) is 5.32. The summed E-state index contributed by atoms with van der Waals surface area (Å²) in [6, 6.07) is 4.84.